The zero-order chi connectivity index (χ0) is 18.8. The highest BCUT2D eigenvalue weighted by Crippen LogP contribution is 2.35. The van der Waals surface area contributed by atoms with E-state index in [0.717, 1.165) is 22.6 Å². The van der Waals surface area contributed by atoms with Crippen molar-refractivity contribution in [1.29, 1.82) is 0 Å². The number of rotatable bonds is 0. The van der Waals surface area contributed by atoms with Crippen LogP contribution in [0.25, 0.3) is 0 Å². The quantitative estimate of drug-likeness (QED) is 0.768. The first kappa shape index (κ1) is 18.1. The van der Waals surface area contributed by atoms with Crippen LogP contribution in [-0.4, -0.2) is 32.1 Å². The van der Waals surface area contributed by atoms with Gasteiger partial charge in [-0.3, -0.25) is 9.59 Å². The van der Waals surface area contributed by atoms with E-state index in [0.29, 0.717) is 16.5 Å². The van der Waals surface area contributed by atoms with Crippen LogP contribution in [0.3, 0.4) is 0 Å². The van der Waals surface area contributed by atoms with Crippen molar-refractivity contribution in [2.75, 3.05) is 30.5 Å². The van der Waals surface area contributed by atoms with Gasteiger partial charge in [0.15, 0.2) is 13.2 Å². The molecule has 0 bridgehead atoms. The third-order valence-corrected chi connectivity index (χ3v) is 4.32. The summed E-state index contributed by atoms with van der Waals surface area (Å²) < 4.78 is 10.5. The first-order valence-electron chi connectivity index (χ1n) is 8.08. The number of aryl methyl sites for hydroxylation is 2. The van der Waals surface area contributed by atoms with Crippen LogP contribution in [-0.2, 0) is 9.59 Å². The maximum absolute atomic E-state index is 11.3. The average Bonchev–Trinajstić information content (AvgIpc) is 2.60. The van der Waals surface area contributed by atoms with Gasteiger partial charge in [-0.05, 0) is 49.2 Å². The summed E-state index contributed by atoms with van der Waals surface area (Å²) in [6, 6.07) is 9.46. The topological polar surface area (TPSA) is 67.9 Å². The molecule has 0 radical (unpaired) electrons. The summed E-state index contributed by atoms with van der Waals surface area (Å²) in [4.78, 5) is 23.9. The number of amides is 2. The van der Waals surface area contributed by atoms with Crippen molar-refractivity contribution in [2.45, 2.75) is 13.8 Å². The largest absolute Gasteiger partial charge is 0.482 e. The van der Waals surface area contributed by atoms with E-state index in [4.69, 9.17) is 21.1 Å². The Morgan fingerprint density at radius 2 is 1.73 bits per heavy atom. The molecule has 136 valence electrons. The number of likely N-dealkylation sites (N-methyl/N-ethyl adjacent to an activating group) is 1. The predicted octanol–water partition coefficient (Wildman–Crippen LogP) is 3.33. The fourth-order valence-electron chi connectivity index (χ4n) is 2.65. The molecular weight excluding hydrogens is 356 g/mol. The molecule has 1 N–H and O–H groups in total. The van der Waals surface area contributed by atoms with E-state index >= 15 is 0 Å². The Morgan fingerprint density at radius 3 is 2.50 bits per heavy atom. The second-order valence-electron chi connectivity index (χ2n) is 6.17. The number of halogens is 1. The zero-order valence-electron chi connectivity index (χ0n) is 14.8. The monoisotopic (exact) mass is 374 g/mol. The molecule has 2 aliphatic heterocycles. The van der Waals surface area contributed by atoms with Crippen molar-refractivity contribution in [3.8, 4) is 11.5 Å². The highest BCUT2D eigenvalue weighted by molar-refractivity contribution is 6.34. The molecule has 0 fully saturated rings. The summed E-state index contributed by atoms with van der Waals surface area (Å²) >= 11 is 5.92. The minimum absolute atomic E-state index is 0.00176. The van der Waals surface area contributed by atoms with Gasteiger partial charge in [-0.25, -0.2) is 0 Å². The van der Waals surface area contributed by atoms with Crippen molar-refractivity contribution in [2.24, 2.45) is 0 Å². The third kappa shape index (κ3) is 3.75. The molecule has 2 aliphatic rings. The Hall–Kier alpha value is -2.73. The Bertz CT molecular complexity index is 882. The summed E-state index contributed by atoms with van der Waals surface area (Å²) in [6.45, 7) is 4.12. The normalized spacial score (nSPS) is 14.8. The van der Waals surface area contributed by atoms with Crippen LogP contribution in [0.5, 0.6) is 11.5 Å². The van der Waals surface area contributed by atoms with Gasteiger partial charge < -0.3 is 19.7 Å². The standard InChI is InChI=1S/C10H11NO2.C9H8ClNO2/c1-7-3-4-9-8(5-7)11(2)10(12)6-13-9;1-5-2-6(10)9-7(3-5)13-4-8(12)11-9/h3-5H,6H2,1-2H3;2-3H,4H2,1H3,(H,11,12). The molecule has 4 rings (SSSR count). The lowest BCUT2D eigenvalue weighted by atomic mass is 10.2. The molecule has 2 aromatic carbocycles. The number of carbonyl (C=O) groups excluding carboxylic acids is 2. The van der Waals surface area contributed by atoms with Gasteiger partial charge in [-0.1, -0.05) is 17.7 Å². The van der Waals surface area contributed by atoms with Gasteiger partial charge in [0.05, 0.1) is 10.7 Å². The van der Waals surface area contributed by atoms with E-state index in [9.17, 15) is 9.59 Å². The van der Waals surface area contributed by atoms with Gasteiger partial charge in [-0.15, -0.1) is 0 Å². The first-order valence-corrected chi connectivity index (χ1v) is 8.46. The Balaban J connectivity index is 0.000000151. The van der Waals surface area contributed by atoms with Crippen LogP contribution in [0.4, 0.5) is 11.4 Å². The summed E-state index contributed by atoms with van der Waals surface area (Å²) in [5.74, 6) is 1.26. The van der Waals surface area contributed by atoms with Crippen molar-refractivity contribution in [3.05, 3.63) is 46.5 Å². The van der Waals surface area contributed by atoms with E-state index in [-0.39, 0.29) is 25.0 Å². The lowest BCUT2D eigenvalue weighted by Crippen LogP contribution is -2.35. The third-order valence-electron chi connectivity index (χ3n) is 4.02. The van der Waals surface area contributed by atoms with Gasteiger partial charge >= 0.3 is 0 Å². The highest BCUT2D eigenvalue weighted by atomic mass is 35.5. The summed E-state index contributed by atoms with van der Waals surface area (Å²) in [5, 5.41) is 3.18. The number of hydrogen-bond donors (Lipinski definition) is 1. The van der Waals surface area contributed by atoms with Crippen molar-refractivity contribution in [1.82, 2.24) is 0 Å². The van der Waals surface area contributed by atoms with Crippen LogP contribution in [0.1, 0.15) is 11.1 Å². The molecule has 0 spiro atoms. The zero-order valence-corrected chi connectivity index (χ0v) is 15.5. The molecule has 2 aromatic rings. The molecule has 6 nitrogen and oxygen atoms in total. The second-order valence-corrected chi connectivity index (χ2v) is 6.58. The van der Waals surface area contributed by atoms with Gasteiger partial charge in [0.1, 0.15) is 17.2 Å². The summed E-state index contributed by atoms with van der Waals surface area (Å²) in [7, 11) is 1.77. The van der Waals surface area contributed by atoms with Crippen LogP contribution in [0, 0.1) is 13.8 Å². The molecule has 0 aliphatic carbocycles. The second kappa shape index (κ2) is 7.25. The van der Waals surface area contributed by atoms with Crippen molar-refractivity contribution >= 4 is 34.8 Å². The Morgan fingerprint density at radius 1 is 1.00 bits per heavy atom. The molecular formula is C19H19ClN2O4. The minimum atomic E-state index is -0.168. The molecule has 0 atom stereocenters. The number of benzene rings is 2. The van der Waals surface area contributed by atoms with Gasteiger partial charge in [0, 0.05) is 7.05 Å². The number of anilines is 2. The summed E-state index contributed by atoms with van der Waals surface area (Å²) in [5.41, 5.74) is 3.57. The van der Waals surface area contributed by atoms with Gasteiger partial charge in [0.2, 0.25) is 0 Å². The summed E-state index contributed by atoms with van der Waals surface area (Å²) in [6.07, 6.45) is 0. The van der Waals surface area contributed by atoms with E-state index < -0.39 is 0 Å². The number of ether oxygens (including phenoxy) is 2. The van der Waals surface area contributed by atoms with Crippen LogP contribution >= 0.6 is 11.6 Å². The molecule has 0 unspecified atom stereocenters. The number of hydrogen-bond acceptors (Lipinski definition) is 4. The van der Waals surface area contributed by atoms with Gasteiger partial charge in [0.25, 0.3) is 11.8 Å². The number of nitrogens with one attached hydrogen (secondary N) is 1. The van der Waals surface area contributed by atoms with E-state index in [1.807, 2.05) is 38.1 Å². The Kier molecular flexibility index (Phi) is 5.04. The molecule has 2 amide bonds. The van der Waals surface area contributed by atoms with E-state index in [2.05, 4.69) is 5.32 Å². The molecule has 7 heteroatoms. The number of fused-ring (bicyclic) bond motifs is 2. The average molecular weight is 375 g/mol. The van der Waals surface area contributed by atoms with Crippen molar-refractivity contribution < 1.29 is 19.1 Å². The predicted molar refractivity (Wildman–Crippen MR) is 100 cm³/mol. The Labute approximate surface area is 156 Å². The van der Waals surface area contributed by atoms with E-state index in [1.54, 1.807) is 18.0 Å². The molecule has 26 heavy (non-hydrogen) atoms. The van der Waals surface area contributed by atoms with Crippen molar-refractivity contribution in [3.63, 3.8) is 0 Å². The smallest absolute Gasteiger partial charge is 0.264 e. The lowest BCUT2D eigenvalue weighted by molar-refractivity contribution is -0.121. The highest BCUT2D eigenvalue weighted by Gasteiger charge is 2.21. The number of nitrogens with zero attached hydrogens (tertiary/aromatic N) is 1. The maximum Gasteiger partial charge on any atom is 0.264 e. The minimum Gasteiger partial charge on any atom is -0.482 e. The molecule has 2 heterocycles. The fourth-order valence-corrected chi connectivity index (χ4v) is 2.96. The van der Waals surface area contributed by atoms with Gasteiger partial charge in [-0.2, -0.15) is 0 Å². The number of carbonyl (C=O) groups is 2. The molecule has 0 saturated carbocycles. The SMILES string of the molecule is Cc1cc(Cl)c2c(c1)OCC(=O)N2.Cc1ccc2c(c1)N(C)C(=O)CO2. The lowest BCUT2D eigenvalue weighted by Gasteiger charge is -2.25. The van der Waals surface area contributed by atoms with Crippen LogP contribution in [0.2, 0.25) is 5.02 Å². The molecule has 0 aromatic heterocycles. The maximum atomic E-state index is 11.3. The fraction of sp³-hybridized carbons (Fsp3) is 0.263. The van der Waals surface area contributed by atoms with Crippen LogP contribution < -0.4 is 19.7 Å². The first-order chi connectivity index (χ1) is 12.3. The van der Waals surface area contributed by atoms with E-state index in [1.165, 1.54) is 0 Å². The van der Waals surface area contributed by atoms with Crippen LogP contribution in [0.15, 0.2) is 30.3 Å². The molecule has 0 saturated heterocycles.